The Hall–Kier alpha value is -2.18. The summed E-state index contributed by atoms with van der Waals surface area (Å²) in [6.07, 6.45) is 8.26. The molecule has 6 rings (SSSR count). The van der Waals surface area contributed by atoms with Crippen LogP contribution in [-0.4, -0.2) is 45.9 Å². The van der Waals surface area contributed by atoms with Gasteiger partial charge in [-0.2, -0.15) is 0 Å². The molecule has 1 N–H and O–H groups in total. The van der Waals surface area contributed by atoms with E-state index in [-0.39, 0.29) is 65.3 Å². The number of halogens is 1. The van der Waals surface area contributed by atoms with Crippen LogP contribution >= 0.6 is 11.6 Å². The van der Waals surface area contributed by atoms with E-state index in [1.807, 2.05) is 46.8 Å². The van der Waals surface area contributed by atoms with Gasteiger partial charge in [-0.05, 0) is 147 Å². The fraction of sp³-hybridized carbons (Fsp3) is 0.744. The van der Waals surface area contributed by atoms with E-state index < -0.39 is 17.1 Å². The molecule has 0 saturated heterocycles. The van der Waals surface area contributed by atoms with E-state index >= 15 is 0 Å². The van der Waals surface area contributed by atoms with E-state index in [0.29, 0.717) is 23.3 Å². The number of carbonyl (C=O) groups excluding carboxylic acids is 3. The Balaban J connectivity index is 0.00000239. The molecule has 0 radical (unpaired) electrons. The lowest BCUT2D eigenvalue weighted by Gasteiger charge is -2.70. The molecule has 0 heterocycles. The third-order valence-corrected chi connectivity index (χ3v) is 14.5. The molecule has 278 valence electrons. The van der Waals surface area contributed by atoms with Gasteiger partial charge in [0.25, 0.3) is 0 Å². The van der Waals surface area contributed by atoms with Crippen molar-refractivity contribution in [2.45, 2.75) is 152 Å². The molecule has 8 atom stereocenters. The van der Waals surface area contributed by atoms with Gasteiger partial charge in [-0.1, -0.05) is 72.2 Å². The Kier molecular flexibility index (Phi) is 10.9. The smallest absolute Gasteiger partial charge is 0.410 e. The first-order valence-corrected chi connectivity index (χ1v) is 19.9. The van der Waals surface area contributed by atoms with E-state index in [4.69, 9.17) is 16.3 Å². The molecule has 0 spiro atoms. The van der Waals surface area contributed by atoms with Gasteiger partial charge < -0.3 is 9.84 Å². The van der Waals surface area contributed by atoms with Crippen molar-refractivity contribution in [1.82, 2.24) is 4.90 Å². The second-order valence-corrected chi connectivity index (χ2v) is 18.7. The summed E-state index contributed by atoms with van der Waals surface area (Å²) in [7, 11) is 0. The fourth-order valence-electron chi connectivity index (χ4n) is 11.7. The molecule has 0 aliphatic heterocycles. The predicted octanol–water partition coefficient (Wildman–Crippen LogP) is 10.4. The standard InChI is InChI=1S/C41H58ClNO5.C2H6/c1-25(2)34-31(45)22-41(33(46)24-43(36(47)48-37(3,4)5)23-26-9-11-28(42)12-10-26)20-19-39(7)30(35(34)41)13-14-32-38(6)17-16-29(44)21-27(38)15-18-40(32,39)8;1-2/h9-12,25,27,29-30,32,44H,13-24H2,1-8H3;1-2H3/t27?,29?,30?,32-,38?,39-,40?,41?;/m1./s1. The van der Waals surface area contributed by atoms with Crippen LogP contribution in [0.25, 0.3) is 0 Å². The van der Waals surface area contributed by atoms with Gasteiger partial charge in [0.2, 0.25) is 0 Å². The second kappa shape index (κ2) is 14.0. The quantitative estimate of drug-likeness (QED) is 0.318. The highest BCUT2D eigenvalue weighted by atomic mass is 35.5. The molecule has 0 bridgehead atoms. The maximum absolute atomic E-state index is 15.0. The molecule has 1 aromatic rings. The number of fused-ring (bicyclic) bond motifs is 7. The summed E-state index contributed by atoms with van der Waals surface area (Å²) in [5.74, 6) is 1.38. The van der Waals surface area contributed by atoms with Gasteiger partial charge in [-0.25, -0.2) is 4.79 Å². The average Bonchev–Trinajstić information content (AvgIpc) is 3.36. The molecule has 1 aromatic carbocycles. The number of aliphatic hydroxyl groups excluding tert-OH is 1. The minimum absolute atomic E-state index is 0.0270. The van der Waals surface area contributed by atoms with Crippen molar-refractivity contribution in [2.75, 3.05) is 6.54 Å². The van der Waals surface area contributed by atoms with Crippen molar-refractivity contribution in [1.29, 1.82) is 0 Å². The van der Waals surface area contributed by atoms with Gasteiger partial charge in [-0.3, -0.25) is 14.5 Å². The van der Waals surface area contributed by atoms with Gasteiger partial charge in [0, 0.05) is 18.0 Å². The first-order chi connectivity index (χ1) is 23.3. The zero-order valence-electron chi connectivity index (χ0n) is 32.6. The van der Waals surface area contributed by atoms with Crippen LogP contribution in [0.1, 0.15) is 139 Å². The zero-order chi connectivity index (χ0) is 37.0. The van der Waals surface area contributed by atoms with E-state index in [0.717, 1.165) is 68.1 Å². The van der Waals surface area contributed by atoms with Crippen LogP contribution in [0.15, 0.2) is 35.4 Å². The Labute approximate surface area is 307 Å². The molecule has 7 heteroatoms. The number of rotatable bonds is 6. The number of Topliss-reactive ketones (excluding diaryl/α,β-unsaturated/α-hetero) is 2. The Morgan fingerprint density at radius 1 is 0.960 bits per heavy atom. The summed E-state index contributed by atoms with van der Waals surface area (Å²) in [5, 5.41) is 11.2. The van der Waals surface area contributed by atoms with Gasteiger partial charge >= 0.3 is 6.09 Å². The van der Waals surface area contributed by atoms with Crippen LogP contribution < -0.4 is 0 Å². The van der Waals surface area contributed by atoms with E-state index in [1.165, 1.54) is 4.90 Å². The molecular weight excluding hydrogens is 646 g/mol. The number of carbonyl (C=O) groups is 3. The number of aliphatic hydroxyl groups is 1. The number of hydrogen-bond donors (Lipinski definition) is 1. The lowest BCUT2D eigenvalue weighted by atomic mass is 9.34. The van der Waals surface area contributed by atoms with Crippen LogP contribution in [-0.2, 0) is 20.9 Å². The third-order valence-electron chi connectivity index (χ3n) is 14.3. The van der Waals surface area contributed by atoms with Gasteiger partial charge in [0.1, 0.15) is 5.60 Å². The molecule has 4 saturated carbocycles. The summed E-state index contributed by atoms with van der Waals surface area (Å²) in [6.45, 7) is 21.3. The lowest BCUT2D eigenvalue weighted by molar-refractivity contribution is -0.200. The van der Waals surface area contributed by atoms with Crippen LogP contribution in [0.4, 0.5) is 4.79 Å². The molecule has 5 aliphatic rings. The molecule has 1 amide bonds. The highest BCUT2D eigenvalue weighted by Gasteiger charge is 2.69. The van der Waals surface area contributed by atoms with Crippen LogP contribution in [0.5, 0.6) is 0 Å². The van der Waals surface area contributed by atoms with Crippen LogP contribution in [0, 0.1) is 45.3 Å². The minimum atomic E-state index is -0.889. The van der Waals surface area contributed by atoms with Crippen molar-refractivity contribution >= 4 is 29.3 Å². The first-order valence-electron chi connectivity index (χ1n) is 19.6. The number of allylic oxidation sites excluding steroid dienone is 2. The topological polar surface area (TPSA) is 83.9 Å². The van der Waals surface area contributed by atoms with Crippen molar-refractivity contribution in [2.24, 2.45) is 45.3 Å². The van der Waals surface area contributed by atoms with Crippen LogP contribution in [0.3, 0.4) is 0 Å². The van der Waals surface area contributed by atoms with E-state index in [2.05, 4.69) is 34.6 Å². The van der Waals surface area contributed by atoms with Gasteiger partial charge in [-0.15, -0.1) is 0 Å². The van der Waals surface area contributed by atoms with Gasteiger partial charge in [0.05, 0.1) is 18.1 Å². The summed E-state index contributed by atoms with van der Waals surface area (Å²) >= 11 is 6.16. The minimum Gasteiger partial charge on any atom is -0.444 e. The number of ether oxygens (including phenoxy) is 1. The highest BCUT2D eigenvalue weighted by molar-refractivity contribution is 6.30. The number of ketones is 2. The van der Waals surface area contributed by atoms with Crippen molar-refractivity contribution in [3.05, 3.63) is 46.0 Å². The zero-order valence-corrected chi connectivity index (χ0v) is 33.3. The van der Waals surface area contributed by atoms with Crippen molar-refractivity contribution in [3.63, 3.8) is 0 Å². The van der Waals surface area contributed by atoms with E-state index in [9.17, 15) is 19.5 Å². The number of amides is 1. The molecule has 4 fully saturated rings. The Morgan fingerprint density at radius 3 is 2.24 bits per heavy atom. The van der Waals surface area contributed by atoms with Gasteiger partial charge in [0.15, 0.2) is 11.6 Å². The molecule has 50 heavy (non-hydrogen) atoms. The largest absolute Gasteiger partial charge is 0.444 e. The third kappa shape index (κ3) is 6.52. The SMILES string of the molecule is CC.CC(C)C1=C2C3CC[C@@H]4C5(C)CCC(O)CC5CCC4(C)[C@]3(C)CCC2(C(=O)CN(Cc2ccc(Cl)cc2)C(=O)OC(C)(C)C)CC1=O. The normalized spacial score (nSPS) is 36.4. The molecular formula is C43H64ClNO5. The molecule has 0 aromatic heterocycles. The summed E-state index contributed by atoms with van der Waals surface area (Å²) < 4.78 is 5.82. The molecule has 5 aliphatic carbocycles. The first kappa shape index (κ1) is 39.0. The van der Waals surface area contributed by atoms with E-state index in [1.54, 1.807) is 12.1 Å². The maximum Gasteiger partial charge on any atom is 0.410 e. The monoisotopic (exact) mass is 709 g/mol. The lowest BCUT2D eigenvalue weighted by Crippen LogP contribution is -2.63. The summed E-state index contributed by atoms with van der Waals surface area (Å²) in [4.78, 5) is 44.2. The number of benzene rings is 1. The predicted molar refractivity (Wildman–Crippen MR) is 201 cm³/mol. The second-order valence-electron chi connectivity index (χ2n) is 18.2. The maximum atomic E-state index is 15.0. The summed E-state index contributed by atoms with van der Waals surface area (Å²) in [6, 6.07) is 7.32. The number of hydrogen-bond acceptors (Lipinski definition) is 5. The fourth-order valence-corrected chi connectivity index (χ4v) is 11.9. The van der Waals surface area contributed by atoms with Crippen LogP contribution in [0.2, 0.25) is 5.02 Å². The molecule has 6 unspecified atom stereocenters. The van der Waals surface area contributed by atoms with Crippen molar-refractivity contribution < 1.29 is 24.2 Å². The van der Waals surface area contributed by atoms with Crippen molar-refractivity contribution in [3.8, 4) is 0 Å². The highest BCUT2D eigenvalue weighted by Crippen LogP contribution is 2.75. The number of nitrogens with zero attached hydrogens (tertiary/aromatic N) is 1. The Bertz CT molecular complexity index is 1490. The average molecular weight is 710 g/mol. The molecule has 6 nitrogen and oxygen atoms in total. The Morgan fingerprint density at radius 2 is 1.62 bits per heavy atom. The summed E-state index contributed by atoms with van der Waals surface area (Å²) in [5.41, 5.74) is 1.49.